The molecular weight excluding hydrogens is 355 g/mol. The summed E-state index contributed by atoms with van der Waals surface area (Å²) in [5.41, 5.74) is 2.09. The van der Waals surface area contributed by atoms with Crippen molar-refractivity contribution in [1.82, 2.24) is 0 Å². The highest BCUT2D eigenvalue weighted by molar-refractivity contribution is 14.1. The lowest BCUT2D eigenvalue weighted by Gasteiger charge is -2.04. The summed E-state index contributed by atoms with van der Waals surface area (Å²) >= 11 is 5.50. The van der Waals surface area contributed by atoms with Gasteiger partial charge >= 0.3 is 0 Å². The van der Waals surface area contributed by atoms with Gasteiger partial charge in [0.15, 0.2) is 5.78 Å². The molecule has 1 aromatic rings. The van der Waals surface area contributed by atoms with Crippen LogP contribution in [0.2, 0.25) is 0 Å². The maximum atomic E-state index is 11.7. The first-order chi connectivity index (χ1) is 6.69. The first-order valence-corrected chi connectivity index (χ1v) is 6.76. The van der Waals surface area contributed by atoms with Gasteiger partial charge in [-0.3, -0.25) is 4.79 Å². The van der Waals surface area contributed by atoms with Crippen LogP contribution in [-0.4, -0.2) is 11.1 Å². The molecule has 0 unspecified atom stereocenters. The zero-order chi connectivity index (χ0) is 10.6. The van der Waals surface area contributed by atoms with Gasteiger partial charge in [0.1, 0.15) is 0 Å². The smallest absolute Gasteiger partial charge is 0.164 e. The van der Waals surface area contributed by atoms with Crippen LogP contribution in [0.1, 0.15) is 29.3 Å². The molecule has 1 aromatic carbocycles. The molecule has 0 aliphatic carbocycles. The Kier molecular flexibility index (Phi) is 5.09. The van der Waals surface area contributed by atoms with Crippen LogP contribution in [-0.2, 0) is 6.42 Å². The summed E-state index contributed by atoms with van der Waals surface area (Å²) in [6.45, 7) is 2.10. The Hall–Kier alpha value is 0.1000. The van der Waals surface area contributed by atoms with Gasteiger partial charge in [0.05, 0.1) is 0 Å². The standard InChI is InChI=1S/C11H12BrIO/c1-2-8-3-4-10(13)9(7-8)11(14)5-6-12/h3-4,7H,2,5-6H2,1H3. The van der Waals surface area contributed by atoms with Crippen LogP contribution in [0.15, 0.2) is 18.2 Å². The van der Waals surface area contributed by atoms with Crippen molar-refractivity contribution in [2.24, 2.45) is 0 Å². The number of hydrogen-bond acceptors (Lipinski definition) is 1. The predicted molar refractivity (Wildman–Crippen MR) is 71.3 cm³/mol. The fourth-order valence-electron chi connectivity index (χ4n) is 1.23. The average Bonchev–Trinajstić information content (AvgIpc) is 2.19. The molecule has 1 rings (SSSR count). The summed E-state index contributed by atoms with van der Waals surface area (Å²) in [5.74, 6) is 0.224. The van der Waals surface area contributed by atoms with Crippen LogP contribution in [0.5, 0.6) is 0 Å². The Bertz CT molecular complexity index is 336. The summed E-state index contributed by atoms with van der Waals surface area (Å²) in [5, 5.41) is 0.734. The van der Waals surface area contributed by atoms with E-state index in [9.17, 15) is 4.79 Å². The highest BCUT2D eigenvalue weighted by atomic mass is 127. The van der Waals surface area contributed by atoms with Crippen LogP contribution in [0.3, 0.4) is 0 Å². The third kappa shape index (κ3) is 3.05. The van der Waals surface area contributed by atoms with Gasteiger partial charge in [-0.1, -0.05) is 28.9 Å². The van der Waals surface area contributed by atoms with E-state index in [-0.39, 0.29) is 5.78 Å². The molecular formula is C11H12BrIO. The number of hydrogen-bond donors (Lipinski definition) is 0. The minimum Gasteiger partial charge on any atom is -0.294 e. The van der Waals surface area contributed by atoms with Crippen molar-refractivity contribution in [3.8, 4) is 0 Å². The van der Waals surface area contributed by atoms with E-state index in [4.69, 9.17) is 0 Å². The van der Waals surface area contributed by atoms with E-state index in [2.05, 4.69) is 51.5 Å². The highest BCUT2D eigenvalue weighted by Gasteiger charge is 2.09. The van der Waals surface area contributed by atoms with Crippen LogP contribution in [0, 0.1) is 3.57 Å². The van der Waals surface area contributed by atoms with Crippen molar-refractivity contribution in [1.29, 1.82) is 0 Å². The first kappa shape index (κ1) is 12.2. The van der Waals surface area contributed by atoms with Crippen molar-refractivity contribution in [3.05, 3.63) is 32.9 Å². The predicted octanol–water partition coefficient (Wildman–Crippen LogP) is 3.82. The van der Waals surface area contributed by atoms with E-state index in [1.807, 2.05) is 12.1 Å². The molecule has 0 aromatic heterocycles. The van der Waals surface area contributed by atoms with Gasteiger partial charge in [-0.15, -0.1) is 0 Å². The molecule has 1 nitrogen and oxygen atoms in total. The lowest BCUT2D eigenvalue weighted by Crippen LogP contribution is -2.03. The van der Waals surface area contributed by atoms with Gasteiger partial charge in [0, 0.05) is 20.9 Å². The maximum Gasteiger partial charge on any atom is 0.164 e. The van der Waals surface area contributed by atoms with Gasteiger partial charge in [0.25, 0.3) is 0 Å². The van der Waals surface area contributed by atoms with Crippen molar-refractivity contribution >= 4 is 44.3 Å². The second-order valence-corrected chi connectivity index (χ2v) is 4.99. The molecule has 0 spiro atoms. The summed E-state index contributed by atoms with van der Waals surface area (Å²) in [6, 6.07) is 6.10. The van der Waals surface area contributed by atoms with E-state index in [1.54, 1.807) is 0 Å². The number of alkyl halides is 1. The number of benzene rings is 1. The van der Waals surface area contributed by atoms with Crippen LogP contribution >= 0.6 is 38.5 Å². The fraction of sp³-hybridized carbons (Fsp3) is 0.364. The molecule has 0 amide bonds. The lowest BCUT2D eigenvalue weighted by molar-refractivity contribution is 0.0989. The Balaban J connectivity index is 2.99. The molecule has 0 saturated heterocycles. The van der Waals surface area contributed by atoms with Crippen molar-refractivity contribution in [2.45, 2.75) is 19.8 Å². The molecule has 0 radical (unpaired) electrons. The van der Waals surface area contributed by atoms with Gasteiger partial charge in [-0.05, 0) is 46.7 Å². The number of carbonyl (C=O) groups excluding carboxylic acids is 1. The molecule has 0 fully saturated rings. The third-order valence-electron chi connectivity index (χ3n) is 2.06. The SMILES string of the molecule is CCc1ccc(I)c(C(=O)CCBr)c1. The topological polar surface area (TPSA) is 17.1 Å². The Morgan fingerprint density at radius 3 is 2.79 bits per heavy atom. The second-order valence-electron chi connectivity index (χ2n) is 3.03. The van der Waals surface area contributed by atoms with Crippen LogP contribution in [0.25, 0.3) is 0 Å². The van der Waals surface area contributed by atoms with Crippen molar-refractivity contribution < 1.29 is 4.79 Å². The monoisotopic (exact) mass is 366 g/mol. The molecule has 3 heteroatoms. The maximum absolute atomic E-state index is 11.7. The number of ketones is 1. The Morgan fingerprint density at radius 2 is 2.21 bits per heavy atom. The molecule has 0 heterocycles. The molecule has 0 N–H and O–H groups in total. The van der Waals surface area contributed by atoms with Gasteiger partial charge < -0.3 is 0 Å². The van der Waals surface area contributed by atoms with E-state index in [1.165, 1.54) is 5.56 Å². The summed E-state index contributed by atoms with van der Waals surface area (Å²) < 4.78 is 1.05. The number of rotatable bonds is 4. The van der Waals surface area contributed by atoms with Crippen LogP contribution < -0.4 is 0 Å². The normalized spacial score (nSPS) is 10.2. The minimum atomic E-state index is 0.224. The number of carbonyl (C=O) groups is 1. The molecule has 0 bridgehead atoms. The van der Waals surface area contributed by atoms with E-state index in [0.717, 1.165) is 20.9 Å². The van der Waals surface area contributed by atoms with Gasteiger partial charge in [0.2, 0.25) is 0 Å². The molecule has 76 valence electrons. The number of Topliss-reactive ketones (excluding diaryl/α,β-unsaturated/α-hetero) is 1. The summed E-state index contributed by atoms with van der Waals surface area (Å²) in [7, 11) is 0. The minimum absolute atomic E-state index is 0.224. The summed E-state index contributed by atoms with van der Waals surface area (Å²) in [6.07, 6.45) is 1.55. The zero-order valence-electron chi connectivity index (χ0n) is 8.02. The van der Waals surface area contributed by atoms with Gasteiger partial charge in [-0.2, -0.15) is 0 Å². The molecule has 0 atom stereocenters. The van der Waals surface area contributed by atoms with E-state index < -0.39 is 0 Å². The first-order valence-electron chi connectivity index (χ1n) is 4.56. The van der Waals surface area contributed by atoms with Gasteiger partial charge in [-0.25, -0.2) is 0 Å². The molecule has 0 aliphatic rings. The fourth-order valence-corrected chi connectivity index (χ4v) is 2.22. The quantitative estimate of drug-likeness (QED) is 0.449. The number of halogens is 2. The van der Waals surface area contributed by atoms with E-state index in [0.29, 0.717) is 6.42 Å². The highest BCUT2D eigenvalue weighted by Crippen LogP contribution is 2.17. The molecule has 0 aliphatic heterocycles. The average molecular weight is 367 g/mol. The Morgan fingerprint density at radius 1 is 1.50 bits per heavy atom. The lowest BCUT2D eigenvalue weighted by atomic mass is 10.0. The molecule has 14 heavy (non-hydrogen) atoms. The summed E-state index contributed by atoms with van der Waals surface area (Å²) in [4.78, 5) is 11.7. The molecule has 0 saturated carbocycles. The van der Waals surface area contributed by atoms with Crippen LogP contribution in [0.4, 0.5) is 0 Å². The number of aryl methyl sites for hydroxylation is 1. The third-order valence-corrected chi connectivity index (χ3v) is 3.40. The second kappa shape index (κ2) is 5.85. The van der Waals surface area contributed by atoms with Crippen molar-refractivity contribution in [3.63, 3.8) is 0 Å². The largest absolute Gasteiger partial charge is 0.294 e. The van der Waals surface area contributed by atoms with Crippen molar-refractivity contribution in [2.75, 3.05) is 5.33 Å². The zero-order valence-corrected chi connectivity index (χ0v) is 11.8. The Labute approximate surface area is 107 Å². The van der Waals surface area contributed by atoms with E-state index >= 15 is 0 Å².